The van der Waals surface area contributed by atoms with Gasteiger partial charge < -0.3 is 14.6 Å². The predicted octanol–water partition coefficient (Wildman–Crippen LogP) is 6.70. The van der Waals surface area contributed by atoms with Crippen molar-refractivity contribution in [2.75, 3.05) is 19.0 Å². The van der Waals surface area contributed by atoms with Crippen molar-refractivity contribution < 1.29 is 14.3 Å². The molecule has 0 saturated carbocycles. The molecule has 1 saturated heterocycles. The van der Waals surface area contributed by atoms with Gasteiger partial charge in [0.1, 0.15) is 23.0 Å². The van der Waals surface area contributed by atoms with Gasteiger partial charge in [-0.1, -0.05) is 65.7 Å². The average molecular weight is 644 g/mol. The van der Waals surface area contributed by atoms with Gasteiger partial charge in [-0.25, -0.2) is 9.78 Å². The highest BCUT2D eigenvalue weighted by Crippen LogP contribution is 2.43. The predicted molar refractivity (Wildman–Crippen MR) is 171 cm³/mol. The minimum Gasteiger partial charge on any atom is -0.453 e. The van der Waals surface area contributed by atoms with Gasteiger partial charge in [0.25, 0.3) is 0 Å². The Morgan fingerprint density at radius 1 is 1.07 bits per heavy atom. The Kier molecular flexibility index (Phi) is 8.90. The van der Waals surface area contributed by atoms with Gasteiger partial charge in [-0.2, -0.15) is 4.68 Å². The third-order valence-electron chi connectivity index (χ3n) is 7.68. The summed E-state index contributed by atoms with van der Waals surface area (Å²) in [4.78, 5) is 35.6. The van der Waals surface area contributed by atoms with E-state index in [9.17, 15) is 9.59 Å². The fourth-order valence-electron chi connectivity index (χ4n) is 5.61. The van der Waals surface area contributed by atoms with E-state index in [2.05, 4.69) is 42.7 Å². The number of carbonyl (C=O) groups is 2. The van der Waals surface area contributed by atoms with Gasteiger partial charge in [0.2, 0.25) is 5.91 Å². The highest BCUT2D eigenvalue weighted by Gasteiger charge is 2.38. The summed E-state index contributed by atoms with van der Waals surface area (Å²) >= 11 is 13.0. The van der Waals surface area contributed by atoms with Crippen LogP contribution < -0.4 is 5.32 Å². The molecule has 1 aliphatic rings. The van der Waals surface area contributed by atoms with Gasteiger partial charge in [-0.15, -0.1) is 5.10 Å². The normalized spacial score (nSPS) is 16.6. The standard InChI is InChI=1S/C32H28Cl2N8O3/c1-45-32(44)36-24-13-9-21(10-14-24)28-30(34)38-31(37-28)29-25(20-6-3-2-4-7-20)8-5-17-41(29)27(43)16-11-22-18-23(33)12-15-26(22)42-19-35-39-40-42/h2-4,6-7,9-16,18-19,25,29H,5,8,17H2,1H3,(H,36,44)(H,37,38). The van der Waals surface area contributed by atoms with E-state index >= 15 is 0 Å². The molecule has 3 aromatic carbocycles. The molecular weight excluding hydrogens is 615 g/mol. The maximum Gasteiger partial charge on any atom is 0.411 e. The largest absolute Gasteiger partial charge is 0.453 e. The maximum atomic E-state index is 14.0. The fourth-order valence-corrected chi connectivity index (χ4v) is 6.04. The molecule has 228 valence electrons. The molecule has 0 radical (unpaired) electrons. The van der Waals surface area contributed by atoms with Crippen molar-refractivity contribution in [2.45, 2.75) is 24.8 Å². The molecule has 1 aliphatic heterocycles. The van der Waals surface area contributed by atoms with E-state index in [1.807, 2.05) is 35.2 Å². The van der Waals surface area contributed by atoms with E-state index < -0.39 is 12.1 Å². The van der Waals surface area contributed by atoms with Crippen molar-refractivity contribution in [2.24, 2.45) is 0 Å². The third kappa shape index (κ3) is 6.59. The molecule has 0 aliphatic carbocycles. The van der Waals surface area contributed by atoms with E-state index in [4.69, 9.17) is 28.2 Å². The van der Waals surface area contributed by atoms with E-state index in [-0.39, 0.29) is 11.8 Å². The Morgan fingerprint density at radius 2 is 1.87 bits per heavy atom. The number of ether oxygens (including phenoxy) is 1. The number of hydrogen-bond acceptors (Lipinski definition) is 7. The molecule has 45 heavy (non-hydrogen) atoms. The second-order valence-corrected chi connectivity index (χ2v) is 11.2. The summed E-state index contributed by atoms with van der Waals surface area (Å²) in [7, 11) is 1.30. The number of nitrogens with one attached hydrogen (secondary N) is 2. The van der Waals surface area contributed by atoms with Crippen LogP contribution in [-0.4, -0.2) is 60.7 Å². The van der Waals surface area contributed by atoms with Crippen LogP contribution in [0, 0.1) is 0 Å². The summed E-state index contributed by atoms with van der Waals surface area (Å²) in [5, 5.41) is 14.9. The van der Waals surface area contributed by atoms with E-state index in [1.54, 1.807) is 42.5 Å². The summed E-state index contributed by atoms with van der Waals surface area (Å²) in [6.45, 7) is 0.536. The molecule has 6 rings (SSSR count). The third-order valence-corrected chi connectivity index (χ3v) is 8.19. The van der Waals surface area contributed by atoms with Crippen LogP contribution in [0.1, 0.15) is 41.8 Å². The first kappa shape index (κ1) is 30.0. The Morgan fingerprint density at radius 3 is 2.60 bits per heavy atom. The number of H-pyrrole nitrogens is 1. The zero-order valence-electron chi connectivity index (χ0n) is 24.1. The zero-order valence-corrected chi connectivity index (χ0v) is 25.6. The fraction of sp³-hybridized carbons (Fsp3) is 0.188. The number of nitrogens with zero attached hydrogens (tertiary/aromatic N) is 6. The smallest absolute Gasteiger partial charge is 0.411 e. The molecule has 0 spiro atoms. The SMILES string of the molecule is COC(=O)Nc1ccc(-c2nc(C3C(c4ccccc4)CCCN3C(=O)C=Cc3cc(Cl)ccc3-n3cnnn3)[nH]c2Cl)cc1. The van der Waals surface area contributed by atoms with Crippen LogP contribution in [0.3, 0.4) is 0 Å². The van der Waals surface area contributed by atoms with Crippen LogP contribution >= 0.6 is 23.2 Å². The quantitative estimate of drug-likeness (QED) is 0.189. The molecule has 0 bridgehead atoms. The number of aromatic amines is 1. The number of imidazole rings is 1. The molecule has 2 amide bonds. The lowest BCUT2D eigenvalue weighted by molar-refractivity contribution is -0.130. The Bertz CT molecular complexity index is 1830. The maximum absolute atomic E-state index is 14.0. The van der Waals surface area contributed by atoms with Crippen molar-refractivity contribution in [1.29, 1.82) is 0 Å². The number of hydrogen-bond donors (Lipinski definition) is 2. The first-order valence-electron chi connectivity index (χ1n) is 14.2. The first-order valence-corrected chi connectivity index (χ1v) is 14.9. The molecule has 2 unspecified atom stereocenters. The number of rotatable bonds is 7. The molecule has 5 aromatic rings. The Balaban J connectivity index is 1.34. The molecule has 11 nitrogen and oxygen atoms in total. The molecule has 2 atom stereocenters. The topological polar surface area (TPSA) is 131 Å². The minimum atomic E-state index is -0.562. The second kappa shape index (κ2) is 13.3. The average Bonchev–Trinajstić information content (AvgIpc) is 3.74. The summed E-state index contributed by atoms with van der Waals surface area (Å²) in [5.74, 6) is 0.372. The number of benzene rings is 3. The zero-order chi connectivity index (χ0) is 31.3. The lowest BCUT2D eigenvalue weighted by atomic mass is 9.83. The van der Waals surface area contributed by atoms with Crippen molar-refractivity contribution in [3.63, 3.8) is 0 Å². The lowest BCUT2D eigenvalue weighted by Crippen LogP contribution is -2.41. The Labute approximate surface area is 268 Å². The second-order valence-electron chi connectivity index (χ2n) is 10.4. The first-order chi connectivity index (χ1) is 21.9. The molecule has 2 aromatic heterocycles. The van der Waals surface area contributed by atoms with Crippen LogP contribution in [0.4, 0.5) is 10.5 Å². The van der Waals surface area contributed by atoms with E-state index in [0.717, 1.165) is 24.0 Å². The van der Waals surface area contributed by atoms with Crippen molar-refractivity contribution in [3.05, 3.63) is 112 Å². The molecular formula is C32H28Cl2N8O3. The Hall–Kier alpha value is -5.00. The van der Waals surface area contributed by atoms with Gasteiger partial charge in [0.05, 0.1) is 18.8 Å². The number of amides is 2. The molecule has 13 heteroatoms. The van der Waals surface area contributed by atoms with E-state index in [1.165, 1.54) is 18.1 Å². The summed E-state index contributed by atoms with van der Waals surface area (Å²) < 4.78 is 6.18. The van der Waals surface area contributed by atoms with Crippen molar-refractivity contribution in [3.8, 4) is 16.9 Å². The lowest BCUT2D eigenvalue weighted by Gasteiger charge is -2.40. The number of tetrazole rings is 1. The van der Waals surface area contributed by atoms with Gasteiger partial charge in [-0.05, 0) is 65.2 Å². The summed E-state index contributed by atoms with van der Waals surface area (Å²) in [6, 6.07) is 22.1. The highest BCUT2D eigenvalue weighted by atomic mass is 35.5. The number of anilines is 1. The summed E-state index contributed by atoms with van der Waals surface area (Å²) in [6.07, 6.45) is 5.86. The minimum absolute atomic E-state index is 0.0260. The number of likely N-dealkylation sites (tertiary alicyclic amines) is 1. The summed E-state index contributed by atoms with van der Waals surface area (Å²) in [5.41, 5.74) is 4.33. The van der Waals surface area contributed by atoms with Gasteiger partial charge in [0, 0.05) is 40.4 Å². The van der Waals surface area contributed by atoms with Crippen LogP contribution in [0.25, 0.3) is 23.0 Å². The number of aromatic nitrogens is 6. The molecule has 2 N–H and O–H groups in total. The molecule has 3 heterocycles. The van der Waals surface area contributed by atoms with Crippen LogP contribution in [0.2, 0.25) is 10.2 Å². The van der Waals surface area contributed by atoms with Crippen LogP contribution in [0.15, 0.2) is 85.2 Å². The van der Waals surface area contributed by atoms with Crippen molar-refractivity contribution >= 4 is 47.0 Å². The van der Waals surface area contributed by atoms with Crippen molar-refractivity contribution in [1.82, 2.24) is 35.1 Å². The van der Waals surface area contributed by atoms with E-state index in [0.29, 0.717) is 45.2 Å². The van der Waals surface area contributed by atoms with Crippen LogP contribution in [0.5, 0.6) is 0 Å². The van der Waals surface area contributed by atoms with Gasteiger partial charge in [0.15, 0.2) is 0 Å². The van der Waals surface area contributed by atoms with Gasteiger partial charge >= 0.3 is 6.09 Å². The highest BCUT2D eigenvalue weighted by molar-refractivity contribution is 6.32. The number of halogens is 2. The molecule has 1 fully saturated rings. The number of piperidine rings is 1. The van der Waals surface area contributed by atoms with Crippen LogP contribution in [-0.2, 0) is 9.53 Å². The monoisotopic (exact) mass is 642 g/mol. The number of carbonyl (C=O) groups excluding carboxylic acids is 2. The van der Waals surface area contributed by atoms with Gasteiger partial charge in [-0.3, -0.25) is 10.1 Å². The number of methoxy groups -OCH3 is 1.